The Hall–Kier alpha value is -2.96. The molecular weight excluding hydrogens is 318 g/mol. The number of nitrogens with one attached hydrogen (secondary N) is 2. The van der Waals surface area contributed by atoms with Crippen LogP contribution < -0.4 is 15.6 Å². The van der Waals surface area contributed by atoms with Crippen LogP contribution in [0.2, 0.25) is 0 Å². The van der Waals surface area contributed by atoms with E-state index in [0.717, 1.165) is 0 Å². The molecule has 2 aromatic rings. The number of ether oxygens (including phenoxy) is 1. The molecule has 0 heterocycles. The van der Waals surface area contributed by atoms with Crippen LogP contribution >= 0.6 is 0 Å². The Labute approximate surface area is 137 Å². The van der Waals surface area contributed by atoms with Gasteiger partial charge in [-0.25, -0.2) is 8.78 Å². The van der Waals surface area contributed by atoms with Gasteiger partial charge in [0.2, 0.25) is 5.91 Å². The molecule has 0 aliphatic rings. The Balaban J connectivity index is 1.79. The van der Waals surface area contributed by atoms with Gasteiger partial charge in [-0.3, -0.25) is 20.4 Å². The second kappa shape index (κ2) is 8.05. The molecule has 0 bridgehead atoms. The first-order valence-corrected chi connectivity index (χ1v) is 7.19. The van der Waals surface area contributed by atoms with Gasteiger partial charge in [0.1, 0.15) is 17.4 Å². The largest absolute Gasteiger partial charge is 0.481 e. The molecular formula is C17H16F2N2O3. The molecule has 0 saturated heterocycles. The third-order valence-corrected chi connectivity index (χ3v) is 3.07. The van der Waals surface area contributed by atoms with Gasteiger partial charge in [0.15, 0.2) is 6.10 Å². The SMILES string of the molecule is CC(Oc1ccc(F)cc1)C(=O)NNC(=O)Cc1cccc(F)c1. The second-order valence-electron chi connectivity index (χ2n) is 5.06. The molecule has 24 heavy (non-hydrogen) atoms. The molecule has 5 nitrogen and oxygen atoms in total. The lowest BCUT2D eigenvalue weighted by Crippen LogP contribution is -2.47. The monoisotopic (exact) mass is 334 g/mol. The number of hydrogen-bond acceptors (Lipinski definition) is 3. The van der Waals surface area contributed by atoms with E-state index in [1.165, 1.54) is 49.4 Å². The predicted molar refractivity (Wildman–Crippen MR) is 82.9 cm³/mol. The number of halogens is 2. The van der Waals surface area contributed by atoms with E-state index in [-0.39, 0.29) is 6.42 Å². The van der Waals surface area contributed by atoms with Crippen LogP contribution in [0.25, 0.3) is 0 Å². The summed E-state index contributed by atoms with van der Waals surface area (Å²) in [6.07, 6.45) is -0.976. The van der Waals surface area contributed by atoms with E-state index in [1.807, 2.05) is 0 Å². The van der Waals surface area contributed by atoms with Crippen molar-refractivity contribution in [3.05, 3.63) is 65.7 Å². The van der Waals surface area contributed by atoms with Crippen molar-refractivity contribution in [2.45, 2.75) is 19.4 Å². The first kappa shape index (κ1) is 17.4. The molecule has 2 rings (SSSR count). The van der Waals surface area contributed by atoms with Crippen LogP contribution in [0.3, 0.4) is 0 Å². The van der Waals surface area contributed by atoms with Gasteiger partial charge in [-0.15, -0.1) is 0 Å². The van der Waals surface area contributed by atoms with Crippen LogP contribution in [0.1, 0.15) is 12.5 Å². The van der Waals surface area contributed by atoms with Crippen molar-refractivity contribution < 1.29 is 23.1 Å². The molecule has 2 aromatic carbocycles. The van der Waals surface area contributed by atoms with Crippen LogP contribution in [-0.2, 0) is 16.0 Å². The Morgan fingerprint density at radius 3 is 2.42 bits per heavy atom. The maximum absolute atomic E-state index is 13.0. The summed E-state index contributed by atoms with van der Waals surface area (Å²) < 4.78 is 31.1. The molecule has 0 aliphatic carbocycles. The van der Waals surface area contributed by atoms with Gasteiger partial charge < -0.3 is 4.74 Å². The van der Waals surface area contributed by atoms with Crippen molar-refractivity contribution in [1.29, 1.82) is 0 Å². The highest BCUT2D eigenvalue weighted by atomic mass is 19.1. The van der Waals surface area contributed by atoms with Gasteiger partial charge in [-0.1, -0.05) is 12.1 Å². The Morgan fingerprint density at radius 1 is 1.04 bits per heavy atom. The number of hydrogen-bond donors (Lipinski definition) is 2. The minimum absolute atomic E-state index is 0.0781. The van der Waals surface area contributed by atoms with E-state index in [0.29, 0.717) is 11.3 Å². The second-order valence-corrected chi connectivity index (χ2v) is 5.06. The van der Waals surface area contributed by atoms with E-state index < -0.39 is 29.6 Å². The van der Waals surface area contributed by atoms with Crippen molar-refractivity contribution in [2.24, 2.45) is 0 Å². The number of carbonyl (C=O) groups is 2. The molecule has 0 radical (unpaired) electrons. The summed E-state index contributed by atoms with van der Waals surface area (Å²) in [5.74, 6) is -1.60. The highest BCUT2D eigenvalue weighted by molar-refractivity contribution is 5.85. The lowest BCUT2D eigenvalue weighted by molar-refractivity contribution is -0.132. The fraction of sp³-hybridized carbons (Fsp3) is 0.176. The predicted octanol–water partition coefficient (Wildman–Crippen LogP) is 2.12. The Bertz CT molecular complexity index is 720. The van der Waals surface area contributed by atoms with E-state index in [1.54, 1.807) is 6.07 Å². The van der Waals surface area contributed by atoms with E-state index in [9.17, 15) is 18.4 Å². The summed E-state index contributed by atoms with van der Waals surface area (Å²) in [4.78, 5) is 23.6. The standard InChI is InChI=1S/C17H16F2N2O3/c1-11(24-15-7-5-13(18)6-8-15)17(23)21-20-16(22)10-12-3-2-4-14(19)9-12/h2-9,11H,10H2,1H3,(H,20,22)(H,21,23). The smallest absolute Gasteiger partial charge is 0.279 e. The molecule has 0 saturated carbocycles. The number of benzene rings is 2. The van der Waals surface area contributed by atoms with Crippen molar-refractivity contribution in [1.82, 2.24) is 10.9 Å². The summed E-state index contributed by atoms with van der Waals surface area (Å²) in [6.45, 7) is 1.48. The molecule has 0 aliphatic heterocycles. The molecule has 0 spiro atoms. The van der Waals surface area contributed by atoms with Gasteiger partial charge in [-0.05, 0) is 48.9 Å². The minimum Gasteiger partial charge on any atom is -0.481 e. The van der Waals surface area contributed by atoms with Crippen LogP contribution in [0.5, 0.6) is 5.75 Å². The fourth-order valence-corrected chi connectivity index (χ4v) is 1.88. The number of amides is 2. The van der Waals surface area contributed by atoms with Crippen LogP contribution in [0, 0.1) is 11.6 Å². The third kappa shape index (κ3) is 5.35. The van der Waals surface area contributed by atoms with E-state index in [4.69, 9.17) is 4.74 Å². The molecule has 1 unspecified atom stereocenters. The quantitative estimate of drug-likeness (QED) is 0.823. The topological polar surface area (TPSA) is 67.4 Å². The molecule has 1 atom stereocenters. The molecule has 126 valence electrons. The first-order valence-electron chi connectivity index (χ1n) is 7.19. The summed E-state index contributed by atoms with van der Waals surface area (Å²) in [7, 11) is 0. The maximum atomic E-state index is 13.0. The molecule has 7 heteroatoms. The van der Waals surface area contributed by atoms with Crippen LogP contribution in [0.4, 0.5) is 8.78 Å². The number of rotatable bonds is 5. The number of carbonyl (C=O) groups excluding carboxylic acids is 2. The first-order chi connectivity index (χ1) is 11.4. The summed E-state index contributed by atoms with van der Waals surface area (Å²) in [5.41, 5.74) is 4.93. The zero-order chi connectivity index (χ0) is 17.5. The van der Waals surface area contributed by atoms with E-state index in [2.05, 4.69) is 10.9 Å². The van der Waals surface area contributed by atoms with Crippen LogP contribution in [0.15, 0.2) is 48.5 Å². The van der Waals surface area contributed by atoms with Gasteiger partial charge in [-0.2, -0.15) is 0 Å². The van der Waals surface area contributed by atoms with E-state index >= 15 is 0 Å². The van der Waals surface area contributed by atoms with Gasteiger partial charge in [0.25, 0.3) is 5.91 Å². The molecule has 0 fully saturated rings. The summed E-state index contributed by atoms with van der Waals surface area (Å²) >= 11 is 0. The molecule has 2 N–H and O–H groups in total. The van der Waals surface area contributed by atoms with Gasteiger partial charge >= 0.3 is 0 Å². The normalized spacial score (nSPS) is 11.5. The lowest BCUT2D eigenvalue weighted by Gasteiger charge is -2.15. The average molecular weight is 334 g/mol. The highest BCUT2D eigenvalue weighted by Crippen LogP contribution is 2.12. The Morgan fingerprint density at radius 2 is 1.75 bits per heavy atom. The van der Waals surface area contributed by atoms with Gasteiger partial charge in [0.05, 0.1) is 6.42 Å². The fourth-order valence-electron chi connectivity index (χ4n) is 1.88. The third-order valence-electron chi connectivity index (χ3n) is 3.07. The van der Waals surface area contributed by atoms with Gasteiger partial charge in [0, 0.05) is 0 Å². The van der Waals surface area contributed by atoms with Crippen LogP contribution in [-0.4, -0.2) is 17.9 Å². The highest BCUT2D eigenvalue weighted by Gasteiger charge is 2.15. The molecule has 2 amide bonds. The zero-order valence-electron chi connectivity index (χ0n) is 12.9. The average Bonchev–Trinajstić information content (AvgIpc) is 2.54. The van der Waals surface area contributed by atoms with Crippen molar-refractivity contribution in [3.63, 3.8) is 0 Å². The van der Waals surface area contributed by atoms with Crippen molar-refractivity contribution in [2.75, 3.05) is 0 Å². The molecule has 0 aromatic heterocycles. The number of hydrazine groups is 1. The summed E-state index contributed by atoms with van der Waals surface area (Å²) in [6, 6.07) is 10.8. The lowest BCUT2D eigenvalue weighted by atomic mass is 10.1. The zero-order valence-corrected chi connectivity index (χ0v) is 12.9. The minimum atomic E-state index is -0.898. The van der Waals surface area contributed by atoms with Crippen molar-refractivity contribution >= 4 is 11.8 Å². The maximum Gasteiger partial charge on any atom is 0.279 e. The summed E-state index contributed by atoms with van der Waals surface area (Å²) in [5, 5.41) is 0. The Kier molecular flexibility index (Phi) is 5.83. The van der Waals surface area contributed by atoms with Crippen molar-refractivity contribution in [3.8, 4) is 5.75 Å².